The van der Waals surface area contributed by atoms with Crippen LogP contribution in [0.1, 0.15) is 93.4 Å². The van der Waals surface area contributed by atoms with E-state index in [1.54, 1.807) is 5.57 Å². The van der Waals surface area contributed by atoms with Gasteiger partial charge in [0, 0.05) is 6.92 Å². The first kappa shape index (κ1) is 25.0. The van der Waals surface area contributed by atoms with Gasteiger partial charge < -0.3 is 9.84 Å². The topological polar surface area (TPSA) is 46.5 Å². The number of allylic oxidation sites excluding steroid dienone is 3. The van der Waals surface area contributed by atoms with E-state index < -0.39 is 6.10 Å². The van der Waals surface area contributed by atoms with Crippen molar-refractivity contribution in [2.45, 2.75) is 106 Å². The van der Waals surface area contributed by atoms with E-state index in [2.05, 4.69) is 59.8 Å². The summed E-state index contributed by atoms with van der Waals surface area (Å²) in [6.07, 6.45) is 14.7. The maximum Gasteiger partial charge on any atom is 0.302 e. The van der Waals surface area contributed by atoms with Gasteiger partial charge >= 0.3 is 5.97 Å². The summed E-state index contributed by atoms with van der Waals surface area (Å²) >= 11 is 0. The number of carbonyl (C=O) groups excluding carboxylic acids is 1. The number of aliphatic hydroxyl groups excluding tert-OH is 1. The van der Waals surface area contributed by atoms with Crippen LogP contribution in [0, 0.1) is 52.3 Å². The molecule has 0 bridgehead atoms. The second-order valence-electron chi connectivity index (χ2n) is 13.0. The number of fused-ring (bicyclic) bond motifs is 5. The molecule has 1 N–H and O–H groups in total. The molecule has 3 heteroatoms. The molecule has 0 radical (unpaired) electrons. The van der Waals surface area contributed by atoms with Crippen LogP contribution in [-0.4, -0.2) is 23.3 Å². The van der Waals surface area contributed by atoms with Gasteiger partial charge in [-0.15, -0.1) is 0 Å². The van der Waals surface area contributed by atoms with Crippen molar-refractivity contribution in [3.63, 3.8) is 0 Å². The predicted octanol–water partition coefficient (Wildman–Crippen LogP) is 6.95. The molecule has 0 saturated heterocycles. The summed E-state index contributed by atoms with van der Waals surface area (Å²) in [4.78, 5) is 11.5. The van der Waals surface area contributed by atoms with Crippen LogP contribution >= 0.6 is 0 Å². The number of rotatable bonds is 5. The molecule has 3 fully saturated rings. The van der Waals surface area contributed by atoms with Crippen LogP contribution in [0.4, 0.5) is 0 Å². The molecule has 3 unspecified atom stereocenters. The normalized spacial score (nSPS) is 44.6. The Labute approximate surface area is 202 Å². The van der Waals surface area contributed by atoms with E-state index in [1.165, 1.54) is 32.6 Å². The highest BCUT2D eigenvalue weighted by Gasteiger charge is 2.59. The van der Waals surface area contributed by atoms with Crippen LogP contribution in [0.2, 0.25) is 0 Å². The Bertz CT molecular complexity index is 796. The zero-order valence-electron chi connectivity index (χ0n) is 22.1. The van der Waals surface area contributed by atoms with E-state index >= 15 is 0 Å². The molecule has 4 aliphatic rings. The quantitative estimate of drug-likeness (QED) is 0.359. The zero-order chi connectivity index (χ0) is 24.1. The average molecular weight is 457 g/mol. The lowest BCUT2D eigenvalue weighted by Crippen LogP contribution is -2.54. The number of aliphatic hydroxyl groups is 1. The van der Waals surface area contributed by atoms with Crippen molar-refractivity contribution in [3.8, 4) is 0 Å². The van der Waals surface area contributed by atoms with Crippen LogP contribution in [0.25, 0.3) is 0 Å². The third-order valence-corrected chi connectivity index (χ3v) is 10.9. The molecule has 0 spiro atoms. The molecule has 0 aromatic rings. The highest BCUT2D eigenvalue weighted by Crippen LogP contribution is 2.66. The molecule has 0 heterocycles. The SMILES string of the molecule is CC(=O)OC1CC[C@@]2(C)C(C1)C(O)C=C1[C@@H]3CC[C@H]([C@H](C)/C=C/[C@H](C)C(C)C)[C@@]3(C)CC[C@@H]12. The molecule has 0 aromatic heterocycles. The van der Waals surface area contributed by atoms with Crippen molar-refractivity contribution in [2.24, 2.45) is 52.3 Å². The molecule has 3 saturated carbocycles. The maximum absolute atomic E-state index is 11.5. The summed E-state index contributed by atoms with van der Waals surface area (Å²) in [7, 11) is 0. The van der Waals surface area contributed by atoms with Crippen LogP contribution in [0.15, 0.2) is 23.8 Å². The van der Waals surface area contributed by atoms with Crippen LogP contribution in [0.5, 0.6) is 0 Å². The van der Waals surface area contributed by atoms with Crippen LogP contribution in [0.3, 0.4) is 0 Å². The zero-order valence-corrected chi connectivity index (χ0v) is 22.1. The molecule has 4 rings (SSSR count). The maximum atomic E-state index is 11.5. The van der Waals surface area contributed by atoms with E-state index in [0.717, 1.165) is 25.2 Å². The summed E-state index contributed by atoms with van der Waals surface area (Å²) in [6.45, 7) is 15.9. The van der Waals surface area contributed by atoms with Crippen molar-refractivity contribution >= 4 is 5.97 Å². The Hall–Kier alpha value is -1.09. The molecule has 0 aliphatic heterocycles. The number of carbonyl (C=O) groups is 1. The number of hydrogen-bond donors (Lipinski definition) is 1. The third-order valence-electron chi connectivity index (χ3n) is 10.9. The van der Waals surface area contributed by atoms with Gasteiger partial charge in [-0.05, 0) is 97.2 Å². The van der Waals surface area contributed by atoms with Gasteiger partial charge in [0.2, 0.25) is 0 Å². The van der Waals surface area contributed by atoms with Gasteiger partial charge in [0.05, 0.1) is 6.10 Å². The Morgan fingerprint density at radius 3 is 2.36 bits per heavy atom. The van der Waals surface area contributed by atoms with E-state index in [4.69, 9.17) is 4.74 Å². The number of ether oxygens (including phenoxy) is 1. The summed E-state index contributed by atoms with van der Waals surface area (Å²) in [5, 5.41) is 11.3. The molecule has 3 nitrogen and oxygen atoms in total. The summed E-state index contributed by atoms with van der Waals surface area (Å²) in [5.41, 5.74) is 2.04. The van der Waals surface area contributed by atoms with Gasteiger partial charge in [-0.3, -0.25) is 4.79 Å². The highest BCUT2D eigenvalue weighted by atomic mass is 16.5. The second kappa shape index (κ2) is 9.17. The van der Waals surface area contributed by atoms with Gasteiger partial charge in [-0.1, -0.05) is 65.3 Å². The highest BCUT2D eigenvalue weighted by molar-refractivity contribution is 5.66. The van der Waals surface area contributed by atoms with Crippen molar-refractivity contribution < 1.29 is 14.6 Å². The van der Waals surface area contributed by atoms with E-state index in [0.29, 0.717) is 35.0 Å². The van der Waals surface area contributed by atoms with Crippen molar-refractivity contribution in [1.29, 1.82) is 0 Å². The smallest absolute Gasteiger partial charge is 0.302 e. The summed E-state index contributed by atoms with van der Waals surface area (Å²) < 4.78 is 5.57. The van der Waals surface area contributed by atoms with Crippen molar-refractivity contribution in [1.82, 2.24) is 0 Å². The monoisotopic (exact) mass is 456 g/mol. The first-order valence-corrected chi connectivity index (χ1v) is 13.7. The van der Waals surface area contributed by atoms with Crippen LogP contribution < -0.4 is 0 Å². The minimum atomic E-state index is -0.412. The van der Waals surface area contributed by atoms with Gasteiger partial charge in [-0.2, -0.15) is 0 Å². The lowest BCUT2D eigenvalue weighted by Gasteiger charge is -2.58. The summed E-state index contributed by atoms with van der Waals surface area (Å²) in [6, 6.07) is 0. The van der Waals surface area contributed by atoms with E-state index in [9.17, 15) is 9.90 Å². The van der Waals surface area contributed by atoms with Crippen LogP contribution in [-0.2, 0) is 9.53 Å². The van der Waals surface area contributed by atoms with Gasteiger partial charge in [0.15, 0.2) is 0 Å². The first-order chi connectivity index (χ1) is 15.5. The van der Waals surface area contributed by atoms with Crippen molar-refractivity contribution in [2.75, 3.05) is 0 Å². The molecule has 10 atom stereocenters. The van der Waals surface area contributed by atoms with Gasteiger partial charge in [0.25, 0.3) is 0 Å². The molecule has 4 aliphatic carbocycles. The third kappa shape index (κ3) is 4.37. The van der Waals surface area contributed by atoms with Gasteiger partial charge in [-0.25, -0.2) is 0 Å². The fourth-order valence-electron chi connectivity index (χ4n) is 8.49. The lowest BCUT2D eigenvalue weighted by atomic mass is 9.47. The lowest BCUT2D eigenvalue weighted by molar-refractivity contribution is -0.155. The fourth-order valence-corrected chi connectivity index (χ4v) is 8.49. The largest absolute Gasteiger partial charge is 0.463 e. The summed E-state index contributed by atoms with van der Waals surface area (Å²) in [5.74, 6) is 3.84. The fraction of sp³-hybridized carbons (Fsp3) is 0.833. The minimum Gasteiger partial charge on any atom is -0.463 e. The Balaban J connectivity index is 1.55. The molecular formula is C30H48O3. The average Bonchev–Trinajstić information content (AvgIpc) is 3.10. The second-order valence-corrected chi connectivity index (χ2v) is 13.0. The molecule has 0 amide bonds. The molecule has 0 aromatic carbocycles. The molecule has 186 valence electrons. The molecular weight excluding hydrogens is 408 g/mol. The van der Waals surface area contributed by atoms with E-state index in [1.807, 2.05) is 0 Å². The Morgan fingerprint density at radius 1 is 1.03 bits per heavy atom. The number of hydrogen-bond acceptors (Lipinski definition) is 3. The predicted molar refractivity (Wildman–Crippen MR) is 134 cm³/mol. The van der Waals surface area contributed by atoms with Crippen molar-refractivity contribution in [3.05, 3.63) is 23.8 Å². The minimum absolute atomic E-state index is 0.0317. The van der Waals surface area contributed by atoms with E-state index in [-0.39, 0.29) is 23.4 Å². The standard InChI is InChI=1S/C30H48O3/c1-18(2)19(3)8-9-20(4)24-10-11-25-23-17-28(32)27-16-22(33-21(5)31)12-14-30(27,7)26(23)13-15-29(24,25)6/h8-9,17-20,22,24-28,32H,10-16H2,1-7H3/b9-8+/t19-,20+,22?,24+,25-,26-,27?,28?,29+,30+/m0/s1. The Kier molecular flexibility index (Phi) is 6.95. The number of esters is 1. The Morgan fingerprint density at radius 2 is 1.70 bits per heavy atom. The molecule has 33 heavy (non-hydrogen) atoms. The van der Waals surface area contributed by atoms with Gasteiger partial charge in [0.1, 0.15) is 6.10 Å². The first-order valence-electron chi connectivity index (χ1n) is 13.7.